The first kappa shape index (κ1) is 12.5. The predicted molar refractivity (Wildman–Crippen MR) is 59.4 cm³/mol. The van der Waals surface area contributed by atoms with Crippen LogP contribution in [-0.4, -0.2) is 31.7 Å². The van der Waals surface area contributed by atoms with Crippen LogP contribution in [0.3, 0.4) is 0 Å². The van der Waals surface area contributed by atoms with Gasteiger partial charge in [0, 0.05) is 13.2 Å². The van der Waals surface area contributed by atoms with Crippen LogP contribution in [0.2, 0.25) is 0 Å². The van der Waals surface area contributed by atoms with E-state index in [2.05, 4.69) is 5.32 Å². The first-order valence-electron chi connectivity index (χ1n) is 5.76. The second kappa shape index (κ2) is 6.08. The Bertz CT molecular complexity index is 205. The molecule has 0 radical (unpaired) electrons. The number of carbonyl (C=O) groups is 1. The van der Waals surface area contributed by atoms with Crippen molar-refractivity contribution in [2.24, 2.45) is 11.7 Å². The van der Waals surface area contributed by atoms with Crippen LogP contribution < -0.4 is 11.1 Å². The Kier molecular flexibility index (Phi) is 5.05. The molecule has 1 amide bonds. The van der Waals surface area contributed by atoms with Crippen molar-refractivity contribution in [1.29, 1.82) is 0 Å². The molecule has 3 unspecified atom stereocenters. The van der Waals surface area contributed by atoms with Crippen molar-refractivity contribution >= 4 is 5.91 Å². The zero-order chi connectivity index (χ0) is 11.3. The van der Waals surface area contributed by atoms with Crippen molar-refractivity contribution in [3.63, 3.8) is 0 Å². The van der Waals surface area contributed by atoms with Crippen LogP contribution in [-0.2, 0) is 9.53 Å². The fourth-order valence-electron chi connectivity index (χ4n) is 2.24. The van der Waals surface area contributed by atoms with E-state index in [1.165, 1.54) is 0 Å². The van der Waals surface area contributed by atoms with Gasteiger partial charge in [-0.05, 0) is 31.7 Å². The Morgan fingerprint density at radius 1 is 1.60 bits per heavy atom. The van der Waals surface area contributed by atoms with Crippen LogP contribution in [0.4, 0.5) is 0 Å². The van der Waals surface area contributed by atoms with E-state index in [-0.39, 0.29) is 18.1 Å². The van der Waals surface area contributed by atoms with Crippen LogP contribution in [0.1, 0.15) is 32.6 Å². The molecule has 1 saturated carbocycles. The summed E-state index contributed by atoms with van der Waals surface area (Å²) in [6, 6.07) is 0.256. The number of methoxy groups -OCH3 is 1. The number of rotatable bonds is 5. The minimum atomic E-state index is -0.316. The molecular formula is C11H22N2O2. The van der Waals surface area contributed by atoms with Gasteiger partial charge in [0.2, 0.25) is 5.91 Å². The summed E-state index contributed by atoms with van der Waals surface area (Å²) in [6.45, 7) is 2.61. The van der Waals surface area contributed by atoms with Crippen molar-refractivity contribution in [3.05, 3.63) is 0 Å². The van der Waals surface area contributed by atoms with Gasteiger partial charge in [0.1, 0.15) is 6.10 Å². The highest BCUT2D eigenvalue weighted by molar-refractivity contribution is 5.81. The van der Waals surface area contributed by atoms with Crippen molar-refractivity contribution in [1.82, 2.24) is 5.32 Å². The van der Waals surface area contributed by atoms with Crippen LogP contribution in [0, 0.1) is 5.92 Å². The van der Waals surface area contributed by atoms with Crippen molar-refractivity contribution in [2.75, 3.05) is 13.7 Å². The van der Waals surface area contributed by atoms with Crippen LogP contribution in [0.15, 0.2) is 0 Å². The second-order valence-corrected chi connectivity index (χ2v) is 4.17. The minimum absolute atomic E-state index is 0.00495. The van der Waals surface area contributed by atoms with Gasteiger partial charge in [-0.1, -0.05) is 13.3 Å². The van der Waals surface area contributed by atoms with Crippen molar-refractivity contribution in [2.45, 2.75) is 44.8 Å². The molecule has 4 nitrogen and oxygen atoms in total. The molecule has 3 N–H and O–H groups in total. The van der Waals surface area contributed by atoms with Crippen molar-refractivity contribution < 1.29 is 9.53 Å². The summed E-state index contributed by atoms with van der Waals surface area (Å²) in [5.41, 5.74) is 5.66. The summed E-state index contributed by atoms with van der Waals surface area (Å²) in [4.78, 5) is 11.7. The maximum Gasteiger partial charge on any atom is 0.249 e. The molecule has 1 aliphatic rings. The van der Waals surface area contributed by atoms with Gasteiger partial charge in [0.05, 0.1) is 0 Å². The number of carbonyl (C=O) groups excluding carboxylic acids is 1. The maximum atomic E-state index is 11.7. The Morgan fingerprint density at radius 2 is 2.33 bits per heavy atom. The lowest BCUT2D eigenvalue weighted by atomic mass is 10.0. The lowest BCUT2D eigenvalue weighted by molar-refractivity contribution is -0.132. The third-order valence-corrected chi connectivity index (χ3v) is 3.24. The fourth-order valence-corrected chi connectivity index (χ4v) is 2.24. The molecule has 0 bridgehead atoms. The van der Waals surface area contributed by atoms with E-state index >= 15 is 0 Å². The first-order chi connectivity index (χ1) is 7.22. The van der Waals surface area contributed by atoms with E-state index in [0.29, 0.717) is 18.9 Å². The lowest BCUT2D eigenvalue weighted by Crippen LogP contribution is -2.45. The summed E-state index contributed by atoms with van der Waals surface area (Å²) in [5.74, 6) is 0.452. The Morgan fingerprint density at radius 3 is 2.87 bits per heavy atom. The largest absolute Gasteiger partial charge is 0.372 e. The zero-order valence-corrected chi connectivity index (χ0v) is 9.66. The average molecular weight is 214 g/mol. The number of amides is 1. The Balaban J connectivity index is 2.42. The Labute approximate surface area is 91.5 Å². The monoisotopic (exact) mass is 214 g/mol. The third-order valence-electron chi connectivity index (χ3n) is 3.24. The number of nitrogens with one attached hydrogen (secondary N) is 1. The molecular weight excluding hydrogens is 192 g/mol. The molecule has 0 aromatic heterocycles. The number of nitrogens with two attached hydrogens (primary N) is 1. The molecule has 0 spiro atoms. The molecule has 1 rings (SSSR count). The third kappa shape index (κ3) is 3.18. The molecule has 0 heterocycles. The van der Waals surface area contributed by atoms with Crippen LogP contribution in [0.25, 0.3) is 0 Å². The summed E-state index contributed by atoms with van der Waals surface area (Å²) in [6.07, 6.45) is 3.74. The molecule has 0 aromatic rings. The molecule has 0 saturated heterocycles. The minimum Gasteiger partial charge on any atom is -0.372 e. The molecule has 0 aliphatic heterocycles. The highest BCUT2D eigenvalue weighted by Crippen LogP contribution is 2.24. The van der Waals surface area contributed by atoms with E-state index in [1.54, 1.807) is 7.11 Å². The van der Waals surface area contributed by atoms with Gasteiger partial charge >= 0.3 is 0 Å². The van der Waals surface area contributed by atoms with E-state index in [0.717, 1.165) is 19.3 Å². The molecule has 1 fully saturated rings. The highest BCUT2D eigenvalue weighted by Gasteiger charge is 2.29. The van der Waals surface area contributed by atoms with Gasteiger partial charge in [-0.2, -0.15) is 0 Å². The summed E-state index contributed by atoms with van der Waals surface area (Å²) >= 11 is 0. The summed E-state index contributed by atoms with van der Waals surface area (Å²) < 4.78 is 5.10. The highest BCUT2D eigenvalue weighted by atomic mass is 16.5. The fraction of sp³-hybridized carbons (Fsp3) is 0.909. The quantitative estimate of drug-likeness (QED) is 0.706. The molecule has 4 heteroatoms. The number of hydrogen-bond donors (Lipinski definition) is 2. The van der Waals surface area contributed by atoms with Gasteiger partial charge in [0.25, 0.3) is 0 Å². The van der Waals surface area contributed by atoms with E-state index < -0.39 is 0 Å². The smallest absolute Gasteiger partial charge is 0.249 e. The molecule has 15 heavy (non-hydrogen) atoms. The molecule has 0 aromatic carbocycles. The molecule has 1 aliphatic carbocycles. The zero-order valence-electron chi connectivity index (χ0n) is 9.66. The molecule has 3 atom stereocenters. The van der Waals surface area contributed by atoms with Gasteiger partial charge in [-0.15, -0.1) is 0 Å². The van der Waals surface area contributed by atoms with Gasteiger partial charge in [-0.25, -0.2) is 0 Å². The number of ether oxygens (including phenoxy) is 1. The molecule has 88 valence electrons. The van der Waals surface area contributed by atoms with Crippen molar-refractivity contribution in [3.8, 4) is 0 Å². The Hall–Kier alpha value is -0.610. The topological polar surface area (TPSA) is 64.3 Å². The first-order valence-corrected chi connectivity index (χ1v) is 5.76. The van der Waals surface area contributed by atoms with E-state index in [9.17, 15) is 4.79 Å². The maximum absolute atomic E-state index is 11.7. The van der Waals surface area contributed by atoms with E-state index in [1.807, 2.05) is 6.92 Å². The van der Waals surface area contributed by atoms with Crippen LogP contribution >= 0.6 is 0 Å². The van der Waals surface area contributed by atoms with E-state index in [4.69, 9.17) is 10.5 Å². The number of hydrogen-bond acceptors (Lipinski definition) is 3. The normalized spacial score (nSPS) is 27.7. The van der Waals surface area contributed by atoms with Gasteiger partial charge in [0.15, 0.2) is 0 Å². The predicted octanol–water partition coefficient (Wildman–Crippen LogP) is 0.655. The summed E-state index contributed by atoms with van der Waals surface area (Å²) in [5, 5.41) is 3.04. The summed E-state index contributed by atoms with van der Waals surface area (Å²) in [7, 11) is 1.57. The standard InChI is InChI=1S/C11H22N2O2/c1-3-10(15-2)11(14)13-9-6-4-5-8(9)7-12/h8-10H,3-7,12H2,1-2H3,(H,13,14). The lowest BCUT2D eigenvalue weighted by Gasteiger charge is -2.22. The SMILES string of the molecule is CCC(OC)C(=O)NC1CCCC1CN. The second-order valence-electron chi connectivity index (χ2n) is 4.17. The average Bonchev–Trinajstić information content (AvgIpc) is 2.67. The van der Waals surface area contributed by atoms with Gasteiger partial charge in [-0.3, -0.25) is 4.79 Å². The van der Waals surface area contributed by atoms with Gasteiger partial charge < -0.3 is 15.8 Å². The van der Waals surface area contributed by atoms with Crippen LogP contribution in [0.5, 0.6) is 0 Å².